The molecule has 18 heavy (non-hydrogen) atoms. The van der Waals surface area contributed by atoms with Crippen molar-refractivity contribution < 1.29 is 0 Å². The predicted molar refractivity (Wildman–Crippen MR) is 70.4 cm³/mol. The van der Waals surface area contributed by atoms with Crippen LogP contribution in [0.5, 0.6) is 0 Å². The van der Waals surface area contributed by atoms with E-state index in [1.807, 2.05) is 24.5 Å². The molecule has 3 rings (SSSR count). The van der Waals surface area contributed by atoms with Gasteiger partial charge in [-0.05, 0) is 24.6 Å². The summed E-state index contributed by atoms with van der Waals surface area (Å²) in [5.41, 5.74) is 2.41. The van der Waals surface area contributed by atoms with E-state index in [4.69, 9.17) is 0 Å². The van der Waals surface area contributed by atoms with Gasteiger partial charge in [-0.15, -0.1) is 0 Å². The van der Waals surface area contributed by atoms with Gasteiger partial charge < -0.3 is 0 Å². The monoisotopic (exact) mass is 242 g/mol. The van der Waals surface area contributed by atoms with Crippen LogP contribution in [0.4, 0.5) is 0 Å². The van der Waals surface area contributed by atoms with Crippen LogP contribution < -0.4 is 0 Å². The molecule has 94 valence electrons. The molecule has 1 aliphatic heterocycles. The molecule has 3 heterocycles. The van der Waals surface area contributed by atoms with E-state index in [9.17, 15) is 0 Å². The molecule has 0 aromatic carbocycles. The normalized spacial score (nSPS) is 16.7. The van der Waals surface area contributed by atoms with Gasteiger partial charge in [-0.2, -0.15) is 5.10 Å². The van der Waals surface area contributed by atoms with Gasteiger partial charge in [0.05, 0.1) is 12.2 Å². The van der Waals surface area contributed by atoms with Crippen LogP contribution in [0.2, 0.25) is 0 Å². The minimum Gasteiger partial charge on any atom is -0.299 e. The van der Waals surface area contributed by atoms with Gasteiger partial charge in [0.1, 0.15) is 0 Å². The molecule has 1 aliphatic rings. The molecule has 1 saturated heterocycles. The first-order valence-electron chi connectivity index (χ1n) is 6.44. The summed E-state index contributed by atoms with van der Waals surface area (Å²) in [5, 5.41) is 4.37. The fourth-order valence-corrected chi connectivity index (χ4v) is 2.34. The predicted octanol–water partition coefficient (Wildman–Crippen LogP) is 1.69. The van der Waals surface area contributed by atoms with Crippen molar-refractivity contribution in [3.05, 3.63) is 48.0 Å². The maximum absolute atomic E-state index is 4.37. The number of aryl methyl sites for hydroxylation is 1. The highest BCUT2D eigenvalue weighted by Gasteiger charge is 2.27. The first-order valence-corrected chi connectivity index (χ1v) is 6.44. The lowest BCUT2D eigenvalue weighted by atomic mass is 10.1. The van der Waals surface area contributed by atoms with Crippen molar-refractivity contribution >= 4 is 0 Å². The summed E-state index contributed by atoms with van der Waals surface area (Å²) in [5.74, 6) is 0. The highest BCUT2D eigenvalue weighted by Crippen LogP contribution is 2.20. The number of hydrogen-bond donors (Lipinski definition) is 0. The van der Waals surface area contributed by atoms with Crippen LogP contribution in [0.3, 0.4) is 0 Å². The molecule has 1 fully saturated rings. The van der Waals surface area contributed by atoms with Crippen molar-refractivity contribution in [1.29, 1.82) is 0 Å². The average molecular weight is 242 g/mol. The van der Waals surface area contributed by atoms with Gasteiger partial charge in [0.2, 0.25) is 0 Å². The third-order valence-electron chi connectivity index (χ3n) is 3.45. The molecule has 0 amide bonds. The zero-order chi connectivity index (χ0) is 12.4. The van der Waals surface area contributed by atoms with E-state index in [2.05, 4.69) is 38.9 Å². The smallest absolute Gasteiger partial charge is 0.0772 e. The Morgan fingerprint density at radius 1 is 1.33 bits per heavy atom. The first-order chi connectivity index (χ1) is 8.81. The maximum Gasteiger partial charge on any atom is 0.0772 e. The Balaban J connectivity index is 1.46. The molecule has 0 saturated carbocycles. The van der Waals surface area contributed by atoms with E-state index < -0.39 is 0 Å². The lowest BCUT2D eigenvalue weighted by Crippen LogP contribution is -2.48. The number of aromatic nitrogens is 3. The molecule has 2 aromatic heterocycles. The summed E-state index contributed by atoms with van der Waals surface area (Å²) in [6.45, 7) is 5.39. The van der Waals surface area contributed by atoms with Crippen molar-refractivity contribution in [1.82, 2.24) is 19.7 Å². The molecule has 0 aliphatic carbocycles. The summed E-state index contributed by atoms with van der Waals surface area (Å²) in [7, 11) is 0. The Morgan fingerprint density at radius 2 is 2.22 bits per heavy atom. The molecule has 4 nitrogen and oxygen atoms in total. The summed E-state index contributed by atoms with van der Waals surface area (Å²) in [6.07, 6.45) is 6.95. The number of likely N-dealkylation sites (tertiary alicyclic amines) is 1. The molecule has 0 unspecified atom stereocenters. The molecular formula is C14H18N4. The van der Waals surface area contributed by atoms with Crippen LogP contribution in [0.1, 0.15) is 17.3 Å². The number of hydrogen-bond acceptors (Lipinski definition) is 3. The zero-order valence-corrected chi connectivity index (χ0v) is 10.7. The van der Waals surface area contributed by atoms with Gasteiger partial charge in [-0.1, -0.05) is 6.07 Å². The third-order valence-corrected chi connectivity index (χ3v) is 3.45. The minimum absolute atomic E-state index is 0.558. The molecule has 0 bridgehead atoms. The Bertz CT molecular complexity index is 500. The van der Waals surface area contributed by atoms with Crippen LogP contribution >= 0.6 is 0 Å². The van der Waals surface area contributed by atoms with E-state index in [-0.39, 0.29) is 0 Å². The van der Waals surface area contributed by atoms with Crippen molar-refractivity contribution in [3.8, 4) is 0 Å². The van der Waals surface area contributed by atoms with E-state index in [1.165, 1.54) is 11.3 Å². The second kappa shape index (κ2) is 4.90. The van der Waals surface area contributed by atoms with E-state index in [0.29, 0.717) is 6.04 Å². The lowest BCUT2D eigenvalue weighted by molar-refractivity contribution is 0.0998. The second-order valence-electron chi connectivity index (χ2n) is 4.98. The Morgan fingerprint density at radius 3 is 2.89 bits per heavy atom. The van der Waals surface area contributed by atoms with Crippen LogP contribution in [-0.4, -0.2) is 39.3 Å². The fourth-order valence-electron chi connectivity index (χ4n) is 2.34. The Kier molecular flexibility index (Phi) is 3.11. The SMILES string of the molecule is Cc1cnn(C2CN(CCc3ccccn3)C2)c1. The Labute approximate surface area is 107 Å². The van der Waals surface area contributed by atoms with Crippen molar-refractivity contribution in [2.24, 2.45) is 0 Å². The van der Waals surface area contributed by atoms with Gasteiger partial charge in [0.25, 0.3) is 0 Å². The molecule has 4 heteroatoms. The van der Waals surface area contributed by atoms with Crippen molar-refractivity contribution in [2.75, 3.05) is 19.6 Å². The second-order valence-corrected chi connectivity index (χ2v) is 4.98. The van der Waals surface area contributed by atoms with E-state index in [1.54, 1.807) is 0 Å². The quantitative estimate of drug-likeness (QED) is 0.818. The molecule has 0 radical (unpaired) electrons. The average Bonchev–Trinajstić information content (AvgIpc) is 2.75. The van der Waals surface area contributed by atoms with Gasteiger partial charge in [-0.25, -0.2) is 0 Å². The highest BCUT2D eigenvalue weighted by atomic mass is 15.4. The van der Waals surface area contributed by atoms with Gasteiger partial charge in [-0.3, -0.25) is 14.6 Å². The van der Waals surface area contributed by atoms with Crippen LogP contribution in [0, 0.1) is 6.92 Å². The topological polar surface area (TPSA) is 34.0 Å². The number of nitrogens with zero attached hydrogens (tertiary/aromatic N) is 4. The van der Waals surface area contributed by atoms with Crippen LogP contribution in [-0.2, 0) is 6.42 Å². The zero-order valence-electron chi connectivity index (χ0n) is 10.7. The summed E-state index contributed by atoms with van der Waals surface area (Å²) in [4.78, 5) is 6.80. The summed E-state index contributed by atoms with van der Waals surface area (Å²) < 4.78 is 2.09. The van der Waals surface area contributed by atoms with E-state index in [0.717, 1.165) is 26.1 Å². The Hall–Kier alpha value is -1.68. The van der Waals surface area contributed by atoms with Gasteiger partial charge in [0, 0.05) is 44.1 Å². The van der Waals surface area contributed by atoms with Gasteiger partial charge >= 0.3 is 0 Å². The lowest BCUT2D eigenvalue weighted by Gasteiger charge is -2.39. The third kappa shape index (κ3) is 2.43. The molecule has 0 spiro atoms. The minimum atomic E-state index is 0.558. The van der Waals surface area contributed by atoms with E-state index >= 15 is 0 Å². The van der Waals surface area contributed by atoms with Gasteiger partial charge in [0.15, 0.2) is 0 Å². The number of rotatable bonds is 4. The molecule has 0 atom stereocenters. The van der Waals surface area contributed by atoms with Crippen molar-refractivity contribution in [3.63, 3.8) is 0 Å². The van der Waals surface area contributed by atoms with Crippen molar-refractivity contribution in [2.45, 2.75) is 19.4 Å². The van der Waals surface area contributed by atoms with Crippen LogP contribution in [0.25, 0.3) is 0 Å². The largest absolute Gasteiger partial charge is 0.299 e. The molecular weight excluding hydrogens is 224 g/mol. The number of pyridine rings is 1. The maximum atomic E-state index is 4.37. The highest BCUT2D eigenvalue weighted by molar-refractivity contribution is 5.05. The standard InChI is InChI=1S/C14H18N4/c1-12-8-16-18(9-12)14-10-17(11-14)7-5-13-4-2-3-6-15-13/h2-4,6,8-9,14H,5,7,10-11H2,1H3. The fraction of sp³-hybridized carbons (Fsp3) is 0.429. The molecule has 0 N–H and O–H groups in total. The molecule has 2 aromatic rings. The summed E-state index contributed by atoms with van der Waals surface area (Å²) >= 11 is 0. The first kappa shape index (κ1) is 11.4. The van der Waals surface area contributed by atoms with Crippen LogP contribution in [0.15, 0.2) is 36.8 Å². The summed E-state index contributed by atoms with van der Waals surface area (Å²) in [6, 6.07) is 6.66.